The van der Waals surface area contributed by atoms with Crippen molar-refractivity contribution in [3.63, 3.8) is 0 Å². The average Bonchev–Trinajstić information content (AvgIpc) is 2.52. The number of rotatable bonds is 8. The summed E-state index contributed by atoms with van der Waals surface area (Å²) in [6.07, 6.45) is -0.180. The molecule has 0 heterocycles. The Kier molecular flexibility index (Phi) is 6.83. The number of carbonyl (C=O) groups is 3. The number of ether oxygens (including phenoxy) is 1. The molecule has 0 aromatic heterocycles. The minimum atomic E-state index is -1.47. The first-order valence-corrected chi connectivity index (χ1v) is 6.44. The molecule has 1 rings (SSSR count). The third-order valence-electron chi connectivity index (χ3n) is 2.67. The molecule has 0 saturated carbocycles. The number of hydrogen-bond donors (Lipinski definition) is 2. The summed E-state index contributed by atoms with van der Waals surface area (Å²) in [5, 5.41) is 14.5. The topological polar surface area (TPSA) is 141 Å². The first kappa shape index (κ1) is 17.7. The van der Waals surface area contributed by atoms with E-state index in [1.165, 1.54) is 18.2 Å². The molecular weight excluding hydrogens is 304 g/mol. The number of carboxylic acids is 1. The van der Waals surface area contributed by atoms with Gasteiger partial charge in [-0.15, -0.1) is 0 Å². The molecule has 0 spiro atoms. The molecule has 23 heavy (non-hydrogen) atoms. The number of ketones is 1. The monoisotopic (exact) mass is 318 g/mol. The van der Waals surface area contributed by atoms with E-state index in [4.69, 9.17) is 10.6 Å². The Bertz CT molecular complexity index is 667. The smallest absolute Gasteiger partial charge is 0.408 e. The maximum Gasteiger partial charge on any atom is 0.408 e. The van der Waals surface area contributed by atoms with Gasteiger partial charge in [0.05, 0.1) is 0 Å². The number of carboxylic acid groups (broad SMARTS) is 1. The van der Waals surface area contributed by atoms with E-state index in [9.17, 15) is 14.4 Å². The third-order valence-corrected chi connectivity index (χ3v) is 2.67. The lowest BCUT2D eigenvalue weighted by Crippen LogP contribution is -2.42. The molecule has 0 unspecified atom stereocenters. The van der Waals surface area contributed by atoms with E-state index in [1.807, 2.05) is 0 Å². The molecule has 9 nitrogen and oxygen atoms in total. The van der Waals surface area contributed by atoms with Gasteiger partial charge in [0.15, 0.2) is 5.78 Å². The van der Waals surface area contributed by atoms with E-state index in [-0.39, 0.29) is 17.9 Å². The van der Waals surface area contributed by atoms with Crippen LogP contribution in [0.3, 0.4) is 0 Å². The van der Waals surface area contributed by atoms with Crippen molar-refractivity contribution in [1.29, 1.82) is 0 Å². The van der Waals surface area contributed by atoms with Gasteiger partial charge >= 0.3 is 12.1 Å². The maximum absolute atomic E-state index is 12.2. The number of azide groups is 1. The molecule has 2 N–H and O–H groups in total. The number of aliphatic carboxylic acids is 1. The van der Waals surface area contributed by atoms with Crippen molar-refractivity contribution >= 4 is 23.5 Å². The van der Waals surface area contributed by atoms with Crippen molar-refractivity contribution in [2.75, 3.05) is 6.61 Å². The first-order chi connectivity index (χ1) is 11.0. The normalized spacial score (nSPS) is 10.8. The average molecular weight is 318 g/mol. The molecule has 1 amide bonds. The molecule has 9 heteroatoms. The highest BCUT2D eigenvalue weighted by Gasteiger charge is 2.25. The molecule has 120 valence electrons. The molecular formula is C14H14N4O5. The van der Waals surface area contributed by atoms with Gasteiger partial charge in [0.1, 0.15) is 12.6 Å². The summed E-state index contributed by atoms with van der Waals surface area (Å²) >= 11 is 0. The van der Waals surface area contributed by atoms with E-state index in [0.29, 0.717) is 0 Å². The van der Waals surface area contributed by atoms with Crippen LogP contribution in [-0.2, 0) is 9.53 Å². The van der Waals surface area contributed by atoms with Crippen molar-refractivity contribution < 1.29 is 24.2 Å². The second kappa shape index (κ2) is 8.85. The van der Waals surface area contributed by atoms with E-state index in [2.05, 4.69) is 26.7 Å². The summed E-state index contributed by atoms with van der Waals surface area (Å²) < 4.78 is 4.61. The van der Waals surface area contributed by atoms with Crippen molar-refractivity contribution in [1.82, 2.24) is 5.32 Å². The standard InChI is InChI=1S/C14H14N4O5/c1-2-7-23-14(22)16-11(13(20)21)8-12(19)9-5-3-4-6-10(9)17-18-15/h2-6,11H,1,7-8H2,(H,16,22)(H,20,21)/t11-/m0/s1. The van der Waals surface area contributed by atoms with Crippen LogP contribution in [-0.4, -0.2) is 35.6 Å². The Labute approximate surface area is 131 Å². The highest BCUT2D eigenvalue weighted by Crippen LogP contribution is 2.21. The van der Waals surface area contributed by atoms with E-state index in [1.54, 1.807) is 12.1 Å². The summed E-state index contributed by atoms with van der Waals surface area (Å²) in [6.45, 7) is 3.26. The van der Waals surface area contributed by atoms with Crippen LogP contribution < -0.4 is 5.32 Å². The Hall–Kier alpha value is -3.32. The molecule has 0 aliphatic carbocycles. The highest BCUT2D eigenvalue weighted by atomic mass is 16.5. The zero-order valence-electron chi connectivity index (χ0n) is 12.0. The molecule has 1 atom stereocenters. The minimum absolute atomic E-state index is 0.0674. The van der Waals surface area contributed by atoms with Crippen LogP contribution in [0, 0.1) is 0 Å². The van der Waals surface area contributed by atoms with Crippen molar-refractivity contribution in [3.8, 4) is 0 Å². The van der Waals surface area contributed by atoms with Gasteiger partial charge in [-0.3, -0.25) is 4.79 Å². The molecule has 0 bridgehead atoms. The van der Waals surface area contributed by atoms with Gasteiger partial charge in [-0.2, -0.15) is 0 Å². The molecule has 0 aliphatic rings. The number of benzene rings is 1. The predicted octanol–water partition coefficient (Wildman–Crippen LogP) is 2.57. The Morgan fingerprint density at radius 2 is 2.13 bits per heavy atom. The van der Waals surface area contributed by atoms with Crippen LogP contribution in [0.4, 0.5) is 10.5 Å². The minimum Gasteiger partial charge on any atom is -0.480 e. The summed E-state index contributed by atoms with van der Waals surface area (Å²) in [5.74, 6) is -1.99. The number of amides is 1. The molecule has 1 aromatic rings. The lowest BCUT2D eigenvalue weighted by Gasteiger charge is -2.14. The van der Waals surface area contributed by atoms with Crippen LogP contribution in [0.25, 0.3) is 10.4 Å². The number of carbonyl (C=O) groups excluding carboxylic acids is 2. The van der Waals surface area contributed by atoms with Crippen molar-refractivity contribution in [2.24, 2.45) is 5.11 Å². The molecule has 0 fully saturated rings. The third kappa shape index (κ3) is 5.52. The van der Waals surface area contributed by atoms with Gasteiger partial charge in [-0.1, -0.05) is 42.0 Å². The fourth-order valence-corrected chi connectivity index (χ4v) is 1.66. The zero-order valence-corrected chi connectivity index (χ0v) is 12.0. The van der Waals surface area contributed by atoms with Crippen LogP contribution in [0.2, 0.25) is 0 Å². The molecule has 1 aromatic carbocycles. The Morgan fingerprint density at radius 3 is 2.74 bits per heavy atom. The van der Waals surface area contributed by atoms with Crippen molar-refractivity contribution in [3.05, 3.63) is 52.9 Å². The van der Waals surface area contributed by atoms with Gasteiger partial charge in [-0.05, 0) is 5.53 Å². The Morgan fingerprint density at radius 1 is 1.43 bits per heavy atom. The first-order valence-electron chi connectivity index (χ1n) is 6.44. The van der Waals surface area contributed by atoms with Gasteiger partial charge in [0.2, 0.25) is 0 Å². The van der Waals surface area contributed by atoms with Crippen LogP contribution in [0.1, 0.15) is 16.8 Å². The van der Waals surface area contributed by atoms with E-state index in [0.717, 1.165) is 0 Å². The number of Topliss-reactive ketones (excluding diaryl/α,β-unsaturated/α-hetero) is 1. The number of alkyl carbamates (subject to hydrolysis) is 1. The van der Waals surface area contributed by atoms with Gasteiger partial charge in [-0.25, -0.2) is 9.59 Å². The number of nitrogens with one attached hydrogen (secondary N) is 1. The van der Waals surface area contributed by atoms with Crippen LogP contribution in [0.15, 0.2) is 42.0 Å². The summed E-state index contributed by atoms with van der Waals surface area (Å²) in [6, 6.07) is 4.47. The molecule has 0 radical (unpaired) electrons. The molecule has 0 saturated heterocycles. The fourth-order valence-electron chi connectivity index (χ4n) is 1.66. The zero-order chi connectivity index (χ0) is 17.2. The molecule has 0 aliphatic heterocycles. The van der Waals surface area contributed by atoms with Gasteiger partial charge < -0.3 is 15.2 Å². The predicted molar refractivity (Wildman–Crippen MR) is 80.3 cm³/mol. The van der Waals surface area contributed by atoms with Gasteiger partial charge in [0, 0.05) is 22.6 Å². The summed E-state index contributed by atoms with van der Waals surface area (Å²) in [7, 11) is 0. The maximum atomic E-state index is 12.2. The lowest BCUT2D eigenvalue weighted by molar-refractivity contribution is -0.139. The number of hydrogen-bond acceptors (Lipinski definition) is 5. The number of nitrogens with zero attached hydrogens (tertiary/aromatic N) is 3. The van der Waals surface area contributed by atoms with Crippen LogP contribution in [0.5, 0.6) is 0 Å². The highest BCUT2D eigenvalue weighted by molar-refractivity contribution is 6.02. The Balaban J connectivity index is 2.86. The summed E-state index contributed by atoms with van der Waals surface area (Å²) in [4.78, 5) is 37.3. The lowest BCUT2D eigenvalue weighted by atomic mass is 10.0. The van der Waals surface area contributed by atoms with Crippen molar-refractivity contribution in [2.45, 2.75) is 12.5 Å². The largest absolute Gasteiger partial charge is 0.480 e. The second-order valence-corrected chi connectivity index (χ2v) is 4.26. The van der Waals surface area contributed by atoms with E-state index >= 15 is 0 Å². The summed E-state index contributed by atoms with van der Waals surface area (Å²) in [5.41, 5.74) is 8.62. The second-order valence-electron chi connectivity index (χ2n) is 4.26. The fraction of sp³-hybridized carbons (Fsp3) is 0.214. The SMILES string of the molecule is C=CCOC(=O)N[C@@H](CC(=O)c1ccccc1N=[N+]=[N-])C(=O)O. The quantitative estimate of drug-likeness (QED) is 0.249. The van der Waals surface area contributed by atoms with E-state index < -0.39 is 30.3 Å². The van der Waals surface area contributed by atoms with Crippen LogP contribution >= 0.6 is 0 Å². The van der Waals surface area contributed by atoms with Gasteiger partial charge in [0.25, 0.3) is 0 Å².